The van der Waals surface area contributed by atoms with E-state index in [1.807, 2.05) is 0 Å². The monoisotopic (exact) mass is 254 g/mol. The number of methoxy groups -OCH3 is 1. The van der Waals surface area contributed by atoms with Crippen molar-refractivity contribution in [2.24, 2.45) is 0 Å². The van der Waals surface area contributed by atoms with Crippen molar-refractivity contribution in [2.45, 2.75) is 38.6 Å². The van der Waals surface area contributed by atoms with Crippen molar-refractivity contribution in [3.05, 3.63) is 6.20 Å². The maximum atomic E-state index is 9.07. The zero-order valence-corrected chi connectivity index (χ0v) is 11.0. The fourth-order valence-electron chi connectivity index (χ4n) is 1.73. The van der Waals surface area contributed by atoms with Gasteiger partial charge >= 0.3 is 0 Å². The summed E-state index contributed by atoms with van der Waals surface area (Å²) in [6.07, 6.45) is 5.41. The van der Waals surface area contributed by atoms with Crippen LogP contribution in [0.3, 0.4) is 0 Å². The Hall–Kier alpha value is -1.56. The van der Waals surface area contributed by atoms with Crippen LogP contribution in [0.2, 0.25) is 0 Å². The van der Waals surface area contributed by atoms with E-state index < -0.39 is 0 Å². The van der Waals surface area contributed by atoms with E-state index in [1.165, 1.54) is 0 Å². The summed E-state index contributed by atoms with van der Waals surface area (Å²) < 4.78 is 5.18. The van der Waals surface area contributed by atoms with E-state index in [-0.39, 0.29) is 18.6 Å². The Balaban J connectivity index is 2.74. The molecule has 0 aliphatic carbocycles. The molecule has 4 N–H and O–H groups in total. The number of ether oxygens (including phenoxy) is 1. The summed E-state index contributed by atoms with van der Waals surface area (Å²) in [7, 11) is 1.56. The number of nitrogens with one attached hydrogen (secondary N) is 1. The Morgan fingerprint density at radius 2 is 2.28 bits per heavy atom. The van der Waals surface area contributed by atoms with Crippen LogP contribution in [0.1, 0.15) is 32.6 Å². The maximum absolute atomic E-state index is 9.07. The summed E-state index contributed by atoms with van der Waals surface area (Å²) in [6, 6.07) is 0.165. The number of nitrogens with zero attached hydrogens (tertiary/aromatic N) is 2. The van der Waals surface area contributed by atoms with E-state index in [4.69, 9.17) is 15.6 Å². The van der Waals surface area contributed by atoms with Crippen molar-refractivity contribution >= 4 is 11.8 Å². The molecule has 0 fully saturated rings. The number of anilines is 2. The molecule has 0 aliphatic rings. The van der Waals surface area contributed by atoms with Crippen molar-refractivity contribution in [2.75, 3.05) is 24.8 Å². The van der Waals surface area contributed by atoms with Gasteiger partial charge in [-0.2, -0.15) is 4.98 Å². The molecule has 102 valence electrons. The molecule has 18 heavy (non-hydrogen) atoms. The summed E-state index contributed by atoms with van der Waals surface area (Å²) in [4.78, 5) is 8.00. The fourth-order valence-corrected chi connectivity index (χ4v) is 1.73. The molecule has 0 aliphatic heterocycles. The van der Waals surface area contributed by atoms with E-state index in [0.29, 0.717) is 18.0 Å². The van der Waals surface area contributed by atoms with Crippen LogP contribution in [0.4, 0.5) is 11.8 Å². The second kappa shape index (κ2) is 7.71. The average molecular weight is 254 g/mol. The van der Waals surface area contributed by atoms with Gasteiger partial charge in [-0.05, 0) is 12.8 Å². The zero-order valence-electron chi connectivity index (χ0n) is 11.0. The average Bonchev–Trinajstić information content (AvgIpc) is 2.36. The Kier molecular flexibility index (Phi) is 6.21. The maximum Gasteiger partial charge on any atom is 0.222 e. The van der Waals surface area contributed by atoms with Crippen LogP contribution in [0.15, 0.2) is 6.20 Å². The fraction of sp³-hybridized carbons (Fsp3) is 0.667. The summed E-state index contributed by atoms with van der Waals surface area (Å²) in [5.41, 5.74) is 5.56. The first kappa shape index (κ1) is 14.5. The number of aliphatic hydroxyl groups is 1. The minimum Gasteiger partial charge on any atom is -0.491 e. The molecule has 1 aromatic heterocycles. The highest BCUT2D eigenvalue weighted by atomic mass is 16.5. The standard InChI is InChI=1S/C12H22N4O2/c1-3-4-5-9(6-7-17)15-11-10(18-2)8-14-12(13)16-11/h8-9,17H,3-7H2,1-2H3,(H3,13,14,15,16). The lowest BCUT2D eigenvalue weighted by Gasteiger charge is -2.19. The third kappa shape index (κ3) is 4.37. The highest BCUT2D eigenvalue weighted by molar-refractivity contribution is 5.51. The largest absolute Gasteiger partial charge is 0.491 e. The van der Waals surface area contributed by atoms with E-state index in [1.54, 1.807) is 13.3 Å². The van der Waals surface area contributed by atoms with E-state index in [9.17, 15) is 0 Å². The second-order valence-corrected chi connectivity index (χ2v) is 4.14. The first-order valence-electron chi connectivity index (χ1n) is 6.25. The molecule has 0 amide bonds. The van der Waals surface area contributed by atoms with E-state index >= 15 is 0 Å². The number of hydrogen-bond donors (Lipinski definition) is 3. The van der Waals surface area contributed by atoms with Gasteiger partial charge in [-0.3, -0.25) is 0 Å². The lowest BCUT2D eigenvalue weighted by atomic mass is 10.1. The highest BCUT2D eigenvalue weighted by Crippen LogP contribution is 2.23. The van der Waals surface area contributed by atoms with Crippen molar-refractivity contribution in [1.82, 2.24) is 9.97 Å². The van der Waals surface area contributed by atoms with Gasteiger partial charge in [0.25, 0.3) is 0 Å². The Labute approximate surface area is 108 Å². The smallest absolute Gasteiger partial charge is 0.222 e. The van der Waals surface area contributed by atoms with Gasteiger partial charge in [0, 0.05) is 12.6 Å². The Morgan fingerprint density at radius 1 is 1.50 bits per heavy atom. The predicted octanol–water partition coefficient (Wildman–Crippen LogP) is 1.42. The van der Waals surface area contributed by atoms with Crippen LogP contribution >= 0.6 is 0 Å². The van der Waals surface area contributed by atoms with Crippen molar-refractivity contribution in [3.8, 4) is 5.75 Å². The Morgan fingerprint density at radius 3 is 2.89 bits per heavy atom. The van der Waals surface area contributed by atoms with E-state index in [2.05, 4.69) is 22.2 Å². The first-order valence-corrected chi connectivity index (χ1v) is 6.25. The highest BCUT2D eigenvalue weighted by Gasteiger charge is 2.12. The molecule has 1 heterocycles. The van der Waals surface area contributed by atoms with Gasteiger partial charge in [-0.1, -0.05) is 19.8 Å². The van der Waals surface area contributed by atoms with Gasteiger partial charge in [0.15, 0.2) is 11.6 Å². The van der Waals surface area contributed by atoms with Crippen molar-refractivity contribution in [1.29, 1.82) is 0 Å². The lowest BCUT2D eigenvalue weighted by molar-refractivity contribution is 0.276. The number of unbranched alkanes of at least 4 members (excludes halogenated alkanes) is 1. The molecule has 1 aromatic rings. The number of rotatable bonds is 8. The topological polar surface area (TPSA) is 93.3 Å². The lowest BCUT2D eigenvalue weighted by Crippen LogP contribution is -2.22. The van der Waals surface area contributed by atoms with E-state index in [0.717, 1.165) is 19.3 Å². The molecular weight excluding hydrogens is 232 g/mol. The number of aliphatic hydroxyl groups excluding tert-OH is 1. The summed E-state index contributed by atoms with van der Waals surface area (Å²) in [5, 5.41) is 12.3. The number of aromatic nitrogens is 2. The van der Waals surface area contributed by atoms with Gasteiger partial charge in [0.1, 0.15) is 0 Å². The van der Waals surface area contributed by atoms with Crippen molar-refractivity contribution < 1.29 is 9.84 Å². The molecule has 1 atom stereocenters. The van der Waals surface area contributed by atoms with Crippen LogP contribution < -0.4 is 15.8 Å². The molecule has 1 rings (SSSR count). The minimum atomic E-state index is 0.143. The van der Waals surface area contributed by atoms with Gasteiger partial charge in [-0.25, -0.2) is 4.98 Å². The first-order chi connectivity index (χ1) is 8.71. The molecule has 0 saturated heterocycles. The molecule has 1 unspecified atom stereocenters. The van der Waals surface area contributed by atoms with Gasteiger partial charge < -0.3 is 20.9 Å². The third-order valence-electron chi connectivity index (χ3n) is 2.72. The molecular formula is C12H22N4O2. The molecule has 0 spiro atoms. The molecule has 0 aromatic carbocycles. The number of nitrogens with two attached hydrogens (primary N) is 1. The van der Waals surface area contributed by atoms with Crippen LogP contribution in [0.25, 0.3) is 0 Å². The van der Waals surface area contributed by atoms with Crippen molar-refractivity contribution in [3.63, 3.8) is 0 Å². The minimum absolute atomic E-state index is 0.143. The van der Waals surface area contributed by atoms with Crippen LogP contribution in [-0.2, 0) is 0 Å². The van der Waals surface area contributed by atoms with Crippen LogP contribution in [0, 0.1) is 0 Å². The summed E-state index contributed by atoms with van der Waals surface area (Å²) in [5.74, 6) is 1.35. The van der Waals surface area contributed by atoms with Crippen LogP contribution in [0.5, 0.6) is 5.75 Å². The van der Waals surface area contributed by atoms with Gasteiger partial charge in [0.05, 0.1) is 13.3 Å². The molecule has 6 heteroatoms. The third-order valence-corrected chi connectivity index (χ3v) is 2.72. The predicted molar refractivity (Wildman–Crippen MR) is 71.6 cm³/mol. The van der Waals surface area contributed by atoms with Gasteiger partial charge in [-0.15, -0.1) is 0 Å². The molecule has 0 saturated carbocycles. The zero-order chi connectivity index (χ0) is 13.4. The Bertz CT molecular complexity index is 360. The normalized spacial score (nSPS) is 12.2. The SMILES string of the molecule is CCCCC(CCO)Nc1nc(N)ncc1OC. The second-order valence-electron chi connectivity index (χ2n) is 4.14. The molecule has 0 radical (unpaired) electrons. The quantitative estimate of drug-likeness (QED) is 0.649. The summed E-state index contributed by atoms with van der Waals surface area (Å²) in [6.45, 7) is 2.28. The molecule has 6 nitrogen and oxygen atoms in total. The number of nitrogen functional groups attached to an aromatic ring is 1. The molecule has 0 bridgehead atoms. The van der Waals surface area contributed by atoms with Crippen LogP contribution in [-0.4, -0.2) is 34.8 Å². The van der Waals surface area contributed by atoms with Gasteiger partial charge in [0.2, 0.25) is 5.95 Å². The summed E-state index contributed by atoms with van der Waals surface area (Å²) >= 11 is 0. The number of hydrogen-bond acceptors (Lipinski definition) is 6.